The zero-order valence-corrected chi connectivity index (χ0v) is 11.7. The van der Waals surface area contributed by atoms with Gasteiger partial charge in [0.15, 0.2) is 11.6 Å². The lowest BCUT2D eigenvalue weighted by molar-refractivity contribution is 0.437. The maximum Gasteiger partial charge on any atom is 0.298 e. The summed E-state index contributed by atoms with van der Waals surface area (Å²) in [5.41, 5.74) is 0. The predicted octanol–water partition coefficient (Wildman–Crippen LogP) is 4.36. The number of ether oxygens (including phenoxy) is 1. The van der Waals surface area contributed by atoms with E-state index in [1.165, 1.54) is 6.07 Å². The summed E-state index contributed by atoms with van der Waals surface area (Å²) >= 11 is 4.38. The molecule has 3 nitrogen and oxygen atoms in total. The third-order valence-electron chi connectivity index (χ3n) is 2.03. The number of aromatic nitrogens is 2. The molecule has 0 fully saturated rings. The molecule has 90 valence electrons. The van der Waals surface area contributed by atoms with Crippen LogP contribution in [0.3, 0.4) is 0 Å². The van der Waals surface area contributed by atoms with E-state index in [1.807, 2.05) is 13.8 Å². The highest BCUT2D eigenvalue weighted by atomic mass is 79.9. The van der Waals surface area contributed by atoms with Crippen molar-refractivity contribution in [2.45, 2.75) is 19.8 Å². The van der Waals surface area contributed by atoms with Gasteiger partial charge in [0.2, 0.25) is 0 Å². The normalized spacial score (nSPS) is 10.9. The minimum absolute atomic E-state index is 0.144. The molecule has 0 aliphatic rings. The van der Waals surface area contributed by atoms with Gasteiger partial charge < -0.3 is 4.74 Å². The summed E-state index contributed by atoms with van der Waals surface area (Å²) in [5.74, 6) is 0.664. The highest BCUT2D eigenvalue weighted by Gasteiger charge is 2.11. The van der Waals surface area contributed by atoms with E-state index in [4.69, 9.17) is 4.74 Å². The van der Waals surface area contributed by atoms with Crippen LogP contribution in [0.15, 0.2) is 22.7 Å². The van der Waals surface area contributed by atoms with Crippen molar-refractivity contribution < 1.29 is 9.13 Å². The van der Waals surface area contributed by atoms with Crippen LogP contribution in [0.2, 0.25) is 0 Å². The minimum Gasteiger partial charge on any atom is -0.427 e. The molecule has 0 spiro atoms. The fourth-order valence-corrected chi connectivity index (χ4v) is 2.17. The number of nitrogens with zero attached hydrogens (tertiary/aromatic N) is 2. The molecule has 6 heteroatoms. The van der Waals surface area contributed by atoms with Crippen LogP contribution in [0, 0.1) is 5.82 Å². The fourth-order valence-electron chi connectivity index (χ4n) is 1.15. The molecule has 0 atom stereocenters. The number of benzene rings is 1. The van der Waals surface area contributed by atoms with E-state index in [1.54, 1.807) is 12.1 Å². The molecular weight excluding hydrogens is 307 g/mol. The first-order valence-electron chi connectivity index (χ1n) is 5.03. The lowest BCUT2D eigenvalue weighted by Crippen LogP contribution is -1.91. The average Bonchev–Trinajstić information content (AvgIpc) is 2.72. The van der Waals surface area contributed by atoms with E-state index < -0.39 is 5.82 Å². The van der Waals surface area contributed by atoms with Gasteiger partial charge in [0, 0.05) is 21.9 Å². The standard InChI is InChI=1S/C11H10BrFN2OS/c1-6(2)10-14-11(17-15-10)16-9-5-7(12)3-4-8(9)13/h3-6H,1-2H3. The van der Waals surface area contributed by atoms with Crippen LogP contribution in [0.4, 0.5) is 4.39 Å². The van der Waals surface area contributed by atoms with Crippen molar-refractivity contribution in [3.8, 4) is 10.9 Å². The quantitative estimate of drug-likeness (QED) is 0.844. The second-order valence-corrected chi connectivity index (χ2v) is 5.38. The van der Waals surface area contributed by atoms with E-state index in [2.05, 4.69) is 25.3 Å². The van der Waals surface area contributed by atoms with Crippen LogP contribution in [-0.2, 0) is 0 Å². The molecule has 17 heavy (non-hydrogen) atoms. The van der Waals surface area contributed by atoms with Gasteiger partial charge in [-0.3, -0.25) is 0 Å². The van der Waals surface area contributed by atoms with Gasteiger partial charge in [-0.05, 0) is 18.2 Å². The Morgan fingerprint density at radius 3 is 2.82 bits per heavy atom. The molecule has 0 aliphatic heterocycles. The summed E-state index contributed by atoms with van der Waals surface area (Å²) in [6, 6.07) is 4.51. The molecule has 2 aromatic rings. The van der Waals surface area contributed by atoms with Gasteiger partial charge in [0.05, 0.1) is 0 Å². The summed E-state index contributed by atoms with van der Waals surface area (Å²) in [7, 11) is 0. The Bertz CT molecular complexity index is 530. The lowest BCUT2D eigenvalue weighted by atomic mass is 10.2. The molecule has 0 radical (unpaired) electrons. The van der Waals surface area contributed by atoms with Gasteiger partial charge in [-0.25, -0.2) is 4.39 Å². The molecule has 1 aromatic carbocycles. The zero-order chi connectivity index (χ0) is 12.4. The maximum absolute atomic E-state index is 13.4. The van der Waals surface area contributed by atoms with Crippen molar-refractivity contribution in [1.29, 1.82) is 0 Å². The van der Waals surface area contributed by atoms with E-state index in [9.17, 15) is 4.39 Å². The SMILES string of the molecule is CC(C)c1nsc(Oc2cc(Br)ccc2F)n1. The summed E-state index contributed by atoms with van der Waals surface area (Å²) in [4.78, 5) is 4.18. The third-order valence-corrected chi connectivity index (χ3v) is 3.13. The highest BCUT2D eigenvalue weighted by Crippen LogP contribution is 2.29. The smallest absolute Gasteiger partial charge is 0.298 e. The predicted molar refractivity (Wildman–Crippen MR) is 68.2 cm³/mol. The van der Waals surface area contributed by atoms with Crippen molar-refractivity contribution in [2.75, 3.05) is 0 Å². The fraction of sp³-hybridized carbons (Fsp3) is 0.273. The van der Waals surface area contributed by atoms with Crippen LogP contribution in [0.5, 0.6) is 10.9 Å². The second-order valence-electron chi connectivity index (χ2n) is 3.75. The van der Waals surface area contributed by atoms with Crippen LogP contribution in [0.1, 0.15) is 25.6 Å². The highest BCUT2D eigenvalue weighted by molar-refractivity contribution is 9.10. The van der Waals surface area contributed by atoms with Crippen LogP contribution in [0.25, 0.3) is 0 Å². The molecular formula is C11H10BrFN2OS. The number of halogens is 2. The van der Waals surface area contributed by atoms with Crippen molar-refractivity contribution in [2.24, 2.45) is 0 Å². The first-order valence-corrected chi connectivity index (χ1v) is 6.59. The maximum atomic E-state index is 13.4. The van der Waals surface area contributed by atoms with Crippen molar-refractivity contribution in [1.82, 2.24) is 9.36 Å². The molecule has 0 unspecified atom stereocenters. The van der Waals surface area contributed by atoms with Crippen molar-refractivity contribution in [3.05, 3.63) is 34.3 Å². The zero-order valence-electron chi connectivity index (χ0n) is 9.28. The van der Waals surface area contributed by atoms with Gasteiger partial charge in [-0.2, -0.15) is 9.36 Å². The first-order chi connectivity index (χ1) is 8.06. The number of hydrogen-bond acceptors (Lipinski definition) is 4. The Morgan fingerprint density at radius 2 is 2.18 bits per heavy atom. The van der Waals surface area contributed by atoms with Gasteiger partial charge in [0.25, 0.3) is 5.19 Å². The average molecular weight is 317 g/mol. The molecule has 0 saturated heterocycles. The largest absolute Gasteiger partial charge is 0.427 e. The second kappa shape index (κ2) is 5.10. The Hall–Kier alpha value is -1.01. The van der Waals surface area contributed by atoms with E-state index in [-0.39, 0.29) is 11.7 Å². The molecule has 0 amide bonds. The van der Waals surface area contributed by atoms with Crippen LogP contribution in [-0.4, -0.2) is 9.36 Å². The lowest BCUT2D eigenvalue weighted by Gasteiger charge is -2.02. The molecule has 2 rings (SSSR count). The van der Waals surface area contributed by atoms with E-state index in [0.29, 0.717) is 11.0 Å². The first kappa shape index (κ1) is 12.4. The summed E-state index contributed by atoms with van der Waals surface area (Å²) < 4.78 is 23.7. The molecule has 0 N–H and O–H groups in total. The van der Waals surface area contributed by atoms with Crippen molar-refractivity contribution >= 4 is 27.5 Å². The van der Waals surface area contributed by atoms with E-state index >= 15 is 0 Å². The van der Waals surface area contributed by atoms with E-state index in [0.717, 1.165) is 16.0 Å². The minimum atomic E-state index is -0.422. The number of rotatable bonds is 3. The van der Waals surface area contributed by atoms with Gasteiger partial charge in [-0.15, -0.1) is 0 Å². The molecule has 0 saturated carbocycles. The topological polar surface area (TPSA) is 35.0 Å². The Kier molecular flexibility index (Phi) is 3.73. The Labute approximate surface area is 111 Å². The van der Waals surface area contributed by atoms with Crippen LogP contribution >= 0.6 is 27.5 Å². The Morgan fingerprint density at radius 1 is 1.41 bits per heavy atom. The number of hydrogen-bond donors (Lipinski definition) is 0. The molecule has 0 bridgehead atoms. The molecule has 0 aliphatic carbocycles. The Balaban J connectivity index is 2.22. The monoisotopic (exact) mass is 316 g/mol. The summed E-state index contributed by atoms with van der Waals surface area (Å²) in [6.45, 7) is 3.98. The summed E-state index contributed by atoms with van der Waals surface area (Å²) in [6.07, 6.45) is 0. The van der Waals surface area contributed by atoms with Gasteiger partial charge in [-0.1, -0.05) is 29.8 Å². The summed E-state index contributed by atoms with van der Waals surface area (Å²) in [5, 5.41) is 0.353. The van der Waals surface area contributed by atoms with Gasteiger partial charge in [0.1, 0.15) is 5.82 Å². The third kappa shape index (κ3) is 3.01. The van der Waals surface area contributed by atoms with Crippen molar-refractivity contribution in [3.63, 3.8) is 0 Å². The van der Waals surface area contributed by atoms with Crippen LogP contribution < -0.4 is 4.74 Å². The van der Waals surface area contributed by atoms with Gasteiger partial charge >= 0.3 is 0 Å². The molecule has 1 aromatic heterocycles. The molecule has 1 heterocycles.